The van der Waals surface area contributed by atoms with Crippen LogP contribution in [0.2, 0.25) is 0 Å². The highest BCUT2D eigenvalue weighted by Crippen LogP contribution is 2.34. The molecule has 3 rings (SSSR count). The number of hydrogen-bond acceptors (Lipinski definition) is 3. The van der Waals surface area contributed by atoms with Crippen LogP contribution < -0.4 is 10.6 Å². The molecule has 1 aromatic rings. The van der Waals surface area contributed by atoms with E-state index in [-0.39, 0.29) is 24.1 Å². The fraction of sp³-hybridized carbons (Fsp3) is 0.588. The van der Waals surface area contributed by atoms with E-state index >= 15 is 0 Å². The molecule has 5 nitrogen and oxygen atoms in total. The number of hydrogen-bond donors (Lipinski definition) is 3. The number of benzene rings is 1. The number of rotatable bonds is 4. The first-order valence-electron chi connectivity index (χ1n) is 7.94. The van der Waals surface area contributed by atoms with Crippen LogP contribution in [0.1, 0.15) is 30.5 Å². The topological polar surface area (TPSA) is 70.6 Å². The summed E-state index contributed by atoms with van der Waals surface area (Å²) >= 11 is 0. The summed E-state index contributed by atoms with van der Waals surface area (Å²) in [7, 11) is 0. The molecule has 2 atom stereocenters. The number of amides is 2. The number of ether oxygens (including phenoxy) is 1. The smallest absolute Gasteiger partial charge is 0.315 e. The molecule has 1 aliphatic carbocycles. The van der Waals surface area contributed by atoms with Crippen molar-refractivity contribution in [2.75, 3.05) is 26.4 Å². The largest absolute Gasteiger partial charge is 0.396 e. The zero-order valence-electron chi connectivity index (χ0n) is 13.0. The van der Waals surface area contributed by atoms with E-state index in [4.69, 9.17) is 4.74 Å². The van der Waals surface area contributed by atoms with E-state index in [1.165, 1.54) is 11.1 Å². The Morgan fingerprint density at radius 3 is 2.86 bits per heavy atom. The standard InChI is InChI=1S/C17H24N2O3/c1-12-6-7-13-4-2-3-5-14(13)15(12)19-16(21)18-8-17(9-20)10-22-11-17/h2-5,12,15,20H,6-11H2,1H3,(H2,18,19,21). The predicted octanol–water partition coefficient (Wildman–Crippen LogP) is 1.62. The lowest BCUT2D eigenvalue weighted by Crippen LogP contribution is -2.55. The molecule has 1 heterocycles. The van der Waals surface area contributed by atoms with E-state index in [9.17, 15) is 9.90 Å². The molecule has 3 N–H and O–H groups in total. The maximum Gasteiger partial charge on any atom is 0.315 e. The number of carbonyl (C=O) groups excluding carboxylic acids is 1. The first-order chi connectivity index (χ1) is 10.6. The number of carbonyl (C=O) groups is 1. The first-order valence-corrected chi connectivity index (χ1v) is 7.94. The highest BCUT2D eigenvalue weighted by atomic mass is 16.5. The number of aliphatic hydroxyl groups excluding tert-OH is 1. The van der Waals surface area contributed by atoms with Crippen LogP contribution in [0, 0.1) is 11.3 Å². The van der Waals surface area contributed by atoms with Gasteiger partial charge in [-0.25, -0.2) is 4.79 Å². The highest BCUT2D eigenvalue weighted by molar-refractivity contribution is 5.74. The maximum atomic E-state index is 12.2. The van der Waals surface area contributed by atoms with Crippen LogP contribution in [0.3, 0.4) is 0 Å². The molecule has 22 heavy (non-hydrogen) atoms. The summed E-state index contributed by atoms with van der Waals surface area (Å²) in [5, 5.41) is 15.4. The summed E-state index contributed by atoms with van der Waals surface area (Å²) in [6.07, 6.45) is 2.15. The Labute approximate surface area is 131 Å². The minimum atomic E-state index is -0.298. The van der Waals surface area contributed by atoms with Gasteiger partial charge in [-0.3, -0.25) is 0 Å². The van der Waals surface area contributed by atoms with Gasteiger partial charge < -0.3 is 20.5 Å². The van der Waals surface area contributed by atoms with Gasteiger partial charge in [0.1, 0.15) is 0 Å². The Morgan fingerprint density at radius 1 is 1.41 bits per heavy atom. The second kappa shape index (κ2) is 6.26. The van der Waals surface area contributed by atoms with Gasteiger partial charge in [0.25, 0.3) is 0 Å². The van der Waals surface area contributed by atoms with E-state index in [2.05, 4.69) is 29.7 Å². The van der Waals surface area contributed by atoms with Crippen LogP contribution in [0.4, 0.5) is 4.79 Å². The molecular formula is C17H24N2O3. The van der Waals surface area contributed by atoms with Gasteiger partial charge >= 0.3 is 6.03 Å². The molecule has 2 unspecified atom stereocenters. The van der Waals surface area contributed by atoms with Crippen molar-refractivity contribution >= 4 is 6.03 Å². The van der Waals surface area contributed by atoms with Crippen molar-refractivity contribution < 1.29 is 14.6 Å². The molecular weight excluding hydrogens is 280 g/mol. The molecule has 5 heteroatoms. The fourth-order valence-corrected chi connectivity index (χ4v) is 3.24. The Morgan fingerprint density at radius 2 is 2.18 bits per heavy atom. The van der Waals surface area contributed by atoms with Crippen molar-refractivity contribution in [3.8, 4) is 0 Å². The summed E-state index contributed by atoms with van der Waals surface area (Å²) in [6, 6.07) is 8.19. The van der Waals surface area contributed by atoms with Crippen LogP contribution in [-0.4, -0.2) is 37.5 Å². The minimum absolute atomic E-state index is 0.0376. The summed E-state index contributed by atoms with van der Waals surface area (Å²) in [5.41, 5.74) is 2.25. The molecule has 1 fully saturated rings. The Hall–Kier alpha value is -1.59. The van der Waals surface area contributed by atoms with E-state index in [1.54, 1.807) is 0 Å². The van der Waals surface area contributed by atoms with Gasteiger partial charge in [-0.1, -0.05) is 31.2 Å². The number of urea groups is 1. The Kier molecular flexibility index (Phi) is 4.36. The van der Waals surface area contributed by atoms with Crippen molar-refractivity contribution in [3.05, 3.63) is 35.4 Å². The summed E-state index contributed by atoms with van der Waals surface area (Å²) in [4.78, 5) is 12.2. The number of nitrogens with one attached hydrogen (secondary N) is 2. The van der Waals surface area contributed by atoms with Gasteiger partial charge in [0.15, 0.2) is 0 Å². The third-order valence-electron chi connectivity index (χ3n) is 4.89. The lowest BCUT2D eigenvalue weighted by molar-refractivity contribution is -0.132. The van der Waals surface area contributed by atoms with Crippen LogP contribution in [-0.2, 0) is 11.2 Å². The van der Waals surface area contributed by atoms with Crippen molar-refractivity contribution in [2.24, 2.45) is 11.3 Å². The van der Waals surface area contributed by atoms with Gasteiger partial charge in [-0.2, -0.15) is 0 Å². The monoisotopic (exact) mass is 304 g/mol. The third kappa shape index (κ3) is 2.96. The maximum absolute atomic E-state index is 12.2. The predicted molar refractivity (Wildman–Crippen MR) is 83.5 cm³/mol. The molecule has 0 saturated carbocycles. The lowest BCUT2D eigenvalue weighted by atomic mass is 9.81. The van der Waals surface area contributed by atoms with Crippen LogP contribution in [0.25, 0.3) is 0 Å². The molecule has 2 amide bonds. The van der Waals surface area contributed by atoms with E-state index in [0.717, 1.165) is 12.8 Å². The van der Waals surface area contributed by atoms with Crippen molar-refractivity contribution in [3.63, 3.8) is 0 Å². The van der Waals surface area contributed by atoms with E-state index < -0.39 is 0 Å². The molecule has 0 aromatic heterocycles. The minimum Gasteiger partial charge on any atom is -0.396 e. The second-order valence-electron chi connectivity index (χ2n) is 6.67. The third-order valence-corrected chi connectivity index (χ3v) is 4.89. The van der Waals surface area contributed by atoms with Gasteiger partial charge in [-0.05, 0) is 29.9 Å². The van der Waals surface area contributed by atoms with E-state index in [0.29, 0.717) is 25.7 Å². The second-order valence-corrected chi connectivity index (χ2v) is 6.67. The number of aliphatic hydroxyl groups is 1. The summed E-state index contributed by atoms with van der Waals surface area (Å²) < 4.78 is 5.14. The summed E-state index contributed by atoms with van der Waals surface area (Å²) in [6.45, 7) is 3.67. The van der Waals surface area contributed by atoms with Crippen LogP contribution in [0.15, 0.2) is 24.3 Å². The van der Waals surface area contributed by atoms with Gasteiger partial charge in [0.2, 0.25) is 0 Å². The molecule has 120 valence electrons. The van der Waals surface area contributed by atoms with Crippen molar-refractivity contribution in [1.29, 1.82) is 0 Å². The Bertz CT molecular complexity index is 537. The molecule has 0 bridgehead atoms. The van der Waals surface area contributed by atoms with Crippen LogP contribution in [0.5, 0.6) is 0 Å². The molecule has 1 aliphatic heterocycles. The van der Waals surface area contributed by atoms with Gasteiger partial charge in [0, 0.05) is 6.54 Å². The average molecular weight is 304 g/mol. The molecule has 1 saturated heterocycles. The lowest BCUT2D eigenvalue weighted by Gasteiger charge is -2.40. The molecule has 1 aromatic carbocycles. The molecule has 0 spiro atoms. The quantitative estimate of drug-likeness (QED) is 0.791. The van der Waals surface area contributed by atoms with Crippen LogP contribution >= 0.6 is 0 Å². The SMILES string of the molecule is CC1CCc2ccccc2C1NC(=O)NCC1(CO)COC1. The zero-order valence-corrected chi connectivity index (χ0v) is 13.0. The number of aryl methyl sites for hydroxylation is 1. The zero-order chi connectivity index (χ0) is 15.6. The Balaban J connectivity index is 1.61. The van der Waals surface area contributed by atoms with Gasteiger partial charge in [0.05, 0.1) is 31.3 Å². The fourth-order valence-electron chi connectivity index (χ4n) is 3.24. The molecule has 0 radical (unpaired) electrons. The normalized spacial score (nSPS) is 25.7. The van der Waals surface area contributed by atoms with E-state index in [1.807, 2.05) is 12.1 Å². The van der Waals surface area contributed by atoms with Crippen molar-refractivity contribution in [1.82, 2.24) is 10.6 Å². The van der Waals surface area contributed by atoms with Crippen molar-refractivity contribution in [2.45, 2.75) is 25.8 Å². The van der Waals surface area contributed by atoms with Gasteiger partial charge in [-0.15, -0.1) is 0 Å². The average Bonchev–Trinajstić information content (AvgIpc) is 2.49. The number of fused-ring (bicyclic) bond motifs is 1. The molecule has 2 aliphatic rings. The first kappa shape index (κ1) is 15.3. The highest BCUT2D eigenvalue weighted by Gasteiger charge is 2.38. The summed E-state index contributed by atoms with van der Waals surface area (Å²) in [5.74, 6) is 0.416.